The Morgan fingerprint density at radius 3 is 2.55 bits per heavy atom. The van der Waals surface area contributed by atoms with Gasteiger partial charge in [-0.1, -0.05) is 24.6 Å². The lowest BCUT2D eigenvalue weighted by molar-refractivity contribution is 0.727. The monoisotopic (exact) mass is 289 g/mol. The van der Waals surface area contributed by atoms with Crippen molar-refractivity contribution in [2.45, 2.75) is 20.0 Å². The van der Waals surface area contributed by atoms with Gasteiger partial charge < -0.3 is 10.2 Å². The molecule has 0 bridgehead atoms. The summed E-state index contributed by atoms with van der Waals surface area (Å²) in [5.41, 5.74) is 3.47. The molecule has 0 saturated heterocycles. The van der Waals surface area contributed by atoms with Crippen LogP contribution < -0.4 is 10.2 Å². The Bertz CT molecular complexity index is 543. The van der Waals surface area contributed by atoms with Crippen molar-refractivity contribution in [3.8, 4) is 0 Å². The maximum absolute atomic E-state index is 6.39. The predicted molar refractivity (Wildman–Crippen MR) is 85.2 cm³/mol. The van der Waals surface area contributed by atoms with E-state index in [4.69, 9.17) is 11.6 Å². The van der Waals surface area contributed by atoms with E-state index in [1.54, 1.807) is 0 Å². The van der Waals surface area contributed by atoms with E-state index in [0.29, 0.717) is 0 Å². The second-order valence-electron chi connectivity index (χ2n) is 4.78. The van der Waals surface area contributed by atoms with Crippen LogP contribution in [0.15, 0.2) is 42.7 Å². The molecule has 0 saturated carbocycles. The summed E-state index contributed by atoms with van der Waals surface area (Å²) < 4.78 is 0. The molecule has 0 unspecified atom stereocenters. The number of nitrogens with zero attached hydrogens (tertiary/aromatic N) is 2. The molecule has 1 aromatic carbocycles. The van der Waals surface area contributed by atoms with E-state index in [1.165, 1.54) is 11.1 Å². The first kappa shape index (κ1) is 14.8. The van der Waals surface area contributed by atoms with E-state index in [0.717, 1.165) is 30.3 Å². The third-order valence-corrected chi connectivity index (χ3v) is 3.47. The van der Waals surface area contributed by atoms with Crippen LogP contribution in [0.2, 0.25) is 5.02 Å². The fourth-order valence-electron chi connectivity index (χ4n) is 2.09. The number of hydrogen-bond acceptors (Lipinski definition) is 3. The summed E-state index contributed by atoms with van der Waals surface area (Å²) in [6.07, 6.45) is 3.62. The van der Waals surface area contributed by atoms with Crippen LogP contribution >= 0.6 is 11.6 Å². The molecule has 2 aromatic rings. The molecule has 0 atom stereocenters. The third kappa shape index (κ3) is 3.95. The molecule has 2 rings (SSSR count). The van der Waals surface area contributed by atoms with Crippen LogP contribution in [-0.2, 0) is 13.1 Å². The Morgan fingerprint density at radius 1 is 1.15 bits per heavy atom. The highest BCUT2D eigenvalue weighted by Crippen LogP contribution is 2.27. The Labute approximate surface area is 125 Å². The molecule has 1 N–H and O–H groups in total. The Morgan fingerprint density at radius 2 is 1.90 bits per heavy atom. The maximum atomic E-state index is 6.39. The first-order valence-corrected chi connectivity index (χ1v) is 7.17. The van der Waals surface area contributed by atoms with Gasteiger partial charge in [-0.15, -0.1) is 0 Å². The number of rotatable bonds is 6. The molecule has 1 aromatic heterocycles. The highest BCUT2D eigenvalue weighted by atomic mass is 35.5. The number of anilines is 1. The van der Waals surface area contributed by atoms with Gasteiger partial charge in [0, 0.05) is 32.5 Å². The van der Waals surface area contributed by atoms with Crippen LogP contribution in [0.5, 0.6) is 0 Å². The van der Waals surface area contributed by atoms with Crippen molar-refractivity contribution in [2.75, 3.05) is 18.5 Å². The molecule has 0 fully saturated rings. The number of halogens is 1. The molecule has 0 spiro atoms. The van der Waals surface area contributed by atoms with Gasteiger partial charge in [0.05, 0.1) is 10.7 Å². The van der Waals surface area contributed by atoms with Crippen molar-refractivity contribution in [2.24, 2.45) is 0 Å². The summed E-state index contributed by atoms with van der Waals surface area (Å²) in [6.45, 7) is 4.72. The number of nitrogens with one attached hydrogen (secondary N) is 1. The van der Waals surface area contributed by atoms with E-state index in [1.807, 2.05) is 37.6 Å². The highest BCUT2D eigenvalue weighted by molar-refractivity contribution is 6.33. The predicted octanol–water partition coefficient (Wildman–Crippen LogP) is 3.48. The molecule has 4 heteroatoms. The van der Waals surface area contributed by atoms with Crippen molar-refractivity contribution in [1.29, 1.82) is 0 Å². The maximum Gasteiger partial charge on any atom is 0.0642 e. The SMILES string of the molecule is CCNCc1ccc(N(C)Cc2ccncc2)c(Cl)c1. The van der Waals surface area contributed by atoms with E-state index < -0.39 is 0 Å². The van der Waals surface area contributed by atoms with Crippen LogP contribution in [0.1, 0.15) is 18.1 Å². The molecule has 1 heterocycles. The van der Waals surface area contributed by atoms with Gasteiger partial charge in [0.1, 0.15) is 0 Å². The van der Waals surface area contributed by atoms with E-state index in [9.17, 15) is 0 Å². The lowest BCUT2D eigenvalue weighted by atomic mass is 10.1. The van der Waals surface area contributed by atoms with Gasteiger partial charge in [-0.2, -0.15) is 0 Å². The standard InChI is InChI=1S/C16H20ClN3/c1-3-18-11-14-4-5-16(15(17)10-14)20(2)12-13-6-8-19-9-7-13/h4-10,18H,3,11-12H2,1-2H3. The van der Waals surface area contributed by atoms with Crippen molar-refractivity contribution in [1.82, 2.24) is 10.3 Å². The smallest absolute Gasteiger partial charge is 0.0642 e. The minimum Gasteiger partial charge on any atom is -0.369 e. The molecular weight excluding hydrogens is 270 g/mol. The van der Waals surface area contributed by atoms with Crippen LogP contribution in [0.25, 0.3) is 0 Å². The van der Waals surface area contributed by atoms with Crippen molar-refractivity contribution in [3.63, 3.8) is 0 Å². The van der Waals surface area contributed by atoms with Gasteiger partial charge in [-0.3, -0.25) is 4.98 Å². The number of aromatic nitrogens is 1. The number of hydrogen-bond donors (Lipinski definition) is 1. The minimum atomic E-state index is 0.789. The van der Waals surface area contributed by atoms with Crippen LogP contribution in [-0.4, -0.2) is 18.6 Å². The van der Waals surface area contributed by atoms with Gasteiger partial charge in [0.2, 0.25) is 0 Å². The normalized spacial score (nSPS) is 10.6. The zero-order valence-corrected chi connectivity index (χ0v) is 12.7. The zero-order valence-electron chi connectivity index (χ0n) is 11.9. The fraction of sp³-hybridized carbons (Fsp3) is 0.312. The molecule has 0 aliphatic heterocycles. The lowest BCUT2D eigenvalue weighted by Gasteiger charge is -2.21. The van der Waals surface area contributed by atoms with Crippen LogP contribution in [0, 0.1) is 0 Å². The average Bonchev–Trinajstić information content (AvgIpc) is 2.46. The molecule has 0 aliphatic carbocycles. The largest absolute Gasteiger partial charge is 0.369 e. The second-order valence-corrected chi connectivity index (χ2v) is 5.18. The summed E-state index contributed by atoms with van der Waals surface area (Å²) in [4.78, 5) is 6.18. The summed E-state index contributed by atoms with van der Waals surface area (Å²) in [7, 11) is 2.05. The van der Waals surface area contributed by atoms with E-state index in [-0.39, 0.29) is 0 Å². The Hall–Kier alpha value is -1.58. The molecule has 106 valence electrons. The molecular formula is C16H20ClN3. The molecule has 0 amide bonds. The summed E-state index contributed by atoms with van der Waals surface area (Å²) >= 11 is 6.39. The Kier molecular flexibility index (Phi) is 5.39. The summed E-state index contributed by atoms with van der Waals surface area (Å²) in [5.74, 6) is 0. The van der Waals surface area contributed by atoms with Crippen LogP contribution in [0.4, 0.5) is 5.69 Å². The summed E-state index contributed by atoms with van der Waals surface area (Å²) in [6, 6.07) is 10.3. The molecule has 3 nitrogen and oxygen atoms in total. The van der Waals surface area contributed by atoms with E-state index >= 15 is 0 Å². The number of benzene rings is 1. The highest BCUT2D eigenvalue weighted by Gasteiger charge is 2.07. The van der Waals surface area contributed by atoms with Gasteiger partial charge in [0.15, 0.2) is 0 Å². The van der Waals surface area contributed by atoms with Gasteiger partial charge in [-0.05, 0) is 41.9 Å². The fourth-order valence-corrected chi connectivity index (χ4v) is 2.43. The second kappa shape index (κ2) is 7.27. The number of pyridine rings is 1. The summed E-state index contributed by atoms with van der Waals surface area (Å²) in [5, 5.41) is 4.09. The first-order chi connectivity index (χ1) is 9.70. The van der Waals surface area contributed by atoms with Crippen molar-refractivity contribution >= 4 is 17.3 Å². The minimum absolute atomic E-state index is 0.789. The Balaban J connectivity index is 2.08. The third-order valence-electron chi connectivity index (χ3n) is 3.17. The van der Waals surface area contributed by atoms with Gasteiger partial charge in [-0.25, -0.2) is 0 Å². The first-order valence-electron chi connectivity index (χ1n) is 6.80. The topological polar surface area (TPSA) is 28.2 Å². The van der Waals surface area contributed by atoms with Gasteiger partial charge >= 0.3 is 0 Å². The lowest BCUT2D eigenvalue weighted by Crippen LogP contribution is -2.17. The van der Waals surface area contributed by atoms with Gasteiger partial charge in [0.25, 0.3) is 0 Å². The van der Waals surface area contributed by atoms with Crippen molar-refractivity contribution < 1.29 is 0 Å². The molecule has 0 aliphatic rings. The van der Waals surface area contributed by atoms with Crippen LogP contribution in [0.3, 0.4) is 0 Å². The zero-order chi connectivity index (χ0) is 14.4. The quantitative estimate of drug-likeness (QED) is 0.882. The molecule has 0 radical (unpaired) electrons. The van der Waals surface area contributed by atoms with E-state index in [2.05, 4.69) is 34.3 Å². The molecule has 20 heavy (non-hydrogen) atoms. The average molecular weight is 290 g/mol. The van der Waals surface area contributed by atoms with Crippen molar-refractivity contribution in [3.05, 3.63) is 58.9 Å².